The van der Waals surface area contributed by atoms with Crippen molar-refractivity contribution in [3.63, 3.8) is 0 Å². The summed E-state index contributed by atoms with van der Waals surface area (Å²) in [6.07, 6.45) is 8.78. The van der Waals surface area contributed by atoms with Crippen molar-refractivity contribution in [2.75, 3.05) is 26.2 Å². The first-order valence-corrected chi connectivity index (χ1v) is 7.88. The van der Waals surface area contributed by atoms with Gasteiger partial charge in [0.25, 0.3) is 10.2 Å². The summed E-state index contributed by atoms with van der Waals surface area (Å²) in [5, 5.41) is 0. The van der Waals surface area contributed by atoms with Crippen LogP contribution in [-0.4, -0.2) is 49.2 Å². The summed E-state index contributed by atoms with van der Waals surface area (Å²) in [5.74, 6) is 2.42. The molecular formula is C12H23N3O2S. The zero-order chi connectivity index (χ0) is 13.6. The molecule has 18 heavy (non-hydrogen) atoms. The molecule has 0 spiro atoms. The Morgan fingerprint density at radius 2 is 2.22 bits per heavy atom. The fourth-order valence-electron chi connectivity index (χ4n) is 2.29. The molecule has 1 aliphatic rings. The maximum atomic E-state index is 12.5. The van der Waals surface area contributed by atoms with Gasteiger partial charge in [-0.3, -0.25) is 0 Å². The van der Waals surface area contributed by atoms with Crippen LogP contribution in [-0.2, 0) is 10.2 Å². The number of nitrogens with zero attached hydrogens (tertiary/aromatic N) is 2. The van der Waals surface area contributed by atoms with Crippen molar-refractivity contribution >= 4 is 10.2 Å². The molecule has 0 saturated carbocycles. The van der Waals surface area contributed by atoms with E-state index in [1.54, 1.807) is 0 Å². The average Bonchev–Trinajstić information content (AvgIpc) is 2.38. The summed E-state index contributed by atoms with van der Waals surface area (Å²) in [6, 6.07) is -0.0825. The second-order valence-electron chi connectivity index (χ2n) is 4.54. The van der Waals surface area contributed by atoms with Crippen LogP contribution in [0.2, 0.25) is 0 Å². The van der Waals surface area contributed by atoms with Crippen LogP contribution in [0.5, 0.6) is 0 Å². The van der Waals surface area contributed by atoms with Crippen molar-refractivity contribution in [3.8, 4) is 12.3 Å². The van der Waals surface area contributed by atoms with Gasteiger partial charge in [-0.15, -0.1) is 6.42 Å². The van der Waals surface area contributed by atoms with E-state index in [1.165, 1.54) is 8.61 Å². The maximum absolute atomic E-state index is 12.5. The second-order valence-corrected chi connectivity index (χ2v) is 6.42. The molecular weight excluding hydrogens is 250 g/mol. The van der Waals surface area contributed by atoms with Crippen molar-refractivity contribution in [1.82, 2.24) is 8.61 Å². The second kappa shape index (κ2) is 7.10. The van der Waals surface area contributed by atoms with Gasteiger partial charge in [-0.2, -0.15) is 17.0 Å². The maximum Gasteiger partial charge on any atom is 0.283 e. The largest absolute Gasteiger partial charge is 0.329 e. The minimum atomic E-state index is -3.47. The summed E-state index contributed by atoms with van der Waals surface area (Å²) >= 11 is 0. The van der Waals surface area contributed by atoms with Gasteiger partial charge in [0.05, 0.1) is 6.54 Å². The predicted octanol–water partition coefficient (Wildman–Crippen LogP) is 0.390. The van der Waals surface area contributed by atoms with E-state index < -0.39 is 10.2 Å². The van der Waals surface area contributed by atoms with E-state index >= 15 is 0 Å². The Bertz CT molecular complexity index is 389. The van der Waals surface area contributed by atoms with Gasteiger partial charge in [0.2, 0.25) is 0 Å². The van der Waals surface area contributed by atoms with Crippen LogP contribution in [0.1, 0.15) is 32.6 Å². The summed E-state index contributed by atoms with van der Waals surface area (Å²) in [6.45, 7) is 3.45. The van der Waals surface area contributed by atoms with Crippen LogP contribution in [0.15, 0.2) is 0 Å². The highest BCUT2D eigenvalue weighted by molar-refractivity contribution is 7.86. The zero-order valence-corrected chi connectivity index (χ0v) is 11.8. The van der Waals surface area contributed by atoms with Gasteiger partial charge in [0.15, 0.2) is 0 Å². The number of hydrogen-bond acceptors (Lipinski definition) is 3. The Balaban J connectivity index is 2.90. The quantitative estimate of drug-likeness (QED) is 0.712. The first kappa shape index (κ1) is 15.4. The molecule has 1 aliphatic heterocycles. The van der Waals surface area contributed by atoms with Crippen molar-refractivity contribution in [1.29, 1.82) is 0 Å². The van der Waals surface area contributed by atoms with Gasteiger partial charge in [-0.1, -0.05) is 19.3 Å². The molecule has 1 unspecified atom stereocenters. The fraction of sp³-hybridized carbons (Fsp3) is 0.833. The minimum absolute atomic E-state index is 0.0825. The lowest BCUT2D eigenvalue weighted by Crippen LogP contribution is -2.53. The van der Waals surface area contributed by atoms with E-state index in [2.05, 4.69) is 5.92 Å². The van der Waals surface area contributed by atoms with Gasteiger partial charge >= 0.3 is 0 Å². The first-order valence-electron chi connectivity index (χ1n) is 6.48. The first-order chi connectivity index (χ1) is 8.57. The van der Waals surface area contributed by atoms with Crippen LogP contribution in [0, 0.1) is 12.3 Å². The Morgan fingerprint density at radius 3 is 2.78 bits per heavy atom. The van der Waals surface area contributed by atoms with Gasteiger partial charge in [0, 0.05) is 25.7 Å². The highest BCUT2D eigenvalue weighted by Gasteiger charge is 2.35. The van der Waals surface area contributed by atoms with Crippen LogP contribution in [0.4, 0.5) is 0 Å². The molecule has 0 amide bonds. The third kappa shape index (κ3) is 3.45. The Labute approximate surface area is 111 Å². The molecule has 6 heteroatoms. The topological polar surface area (TPSA) is 66.6 Å². The minimum Gasteiger partial charge on any atom is -0.329 e. The van der Waals surface area contributed by atoms with Gasteiger partial charge in [-0.05, 0) is 19.3 Å². The normalized spacial score (nSPS) is 22.0. The lowest BCUT2D eigenvalue weighted by Gasteiger charge is -2.37. The molecule has 1 atom stereocenters. The van der Waals surface area contributed by atoms with Crippen LogP contribution in [0.25, 0.3) is 0 Å². The summed E-state index contributed by atoms with van der Waals surface area (Å²) in [4.78, 5) is 0. The Morgan fingerprint density at radius 1 is 1.50 bits per heavy atom. The standard InChI is InChI=1S/C12H23N3O2S/c1-3-8-14(9-4-2)18(16,17)15-10-6-5-7-12(15)11-13/h1,12H,4-11,13H2,2H3. The molecule has 1 heterocycles. The molecule has 0 radical (unpaired) electrons. The third-order valence-corrected chi connectivity index (χ3v) is 5.25. The summed E-state index contributed by atoms with van der Waals surface area (Å²) < 4.78 is 28.0. The van der Waals surface area contributed by atoms with Crippen LogP contribution >= 0.6 is 0 Å². The van der Waals surface area contributed by atoms with Gasteiger partial charge in [-0.25, -0.2) is 0 Å². The Kier molecular flexibility index (Phi) is 6.09. The molecule has 2 N–H and O–H groups in total. The van der Waals surface area contributed by atoms with Crippen molar-refractivity contribution in [2.24, 2.45) is 5.73 Å². The number of terminal acetylenes is 1. The van der Waals surface area contributed by atoms with E-state index in [9.17, 15) is 8.42 Å². The number of rotatable bonds is 6. The lowest BCUT2D eigenvalue weighted by molar-refractivity contribution is 0.238. The predicted molar refractivity (Wildman–Crippen MR) is 73.0 cm³/mol. The molecule has 0 bridgehead atoms. The van der Waals surface area contributed by atoms with E-state index in [0.717, 1.165) is 25.7 Å². The van der Waals surface area contributed by atoms with Crippen LogP contribution in [0.3, 0.4) is 0 Å². The smallest absolute Gasteiger partial charge is 0.283 e. The molecule has 0 aromatic heterocycles. The SMILES string of the molecule is C#CCN(CCC)S(=O)(=O)N1CCCCC1CN. The Hall–Kier alpha value is -0.610. The molecule has 1 rings (SSSR count). The lowest BCUT2D eigenvalue weighted by atomic mass is 10.1. The van der Waals surface area contributed by atoms with Crippen molar-refractivity contribution < 1.29 is 8.42 Å². The van der Waals surface area contributed by atoms with Crippen molar-refractivity contribution in [3.05, 3.63) is 0 Å². The van der Waals surface area contributed by atoms with Gasteiger partial charge in [0.1, 0.15) is 0 Å². The van der Waals surface area contributed by atoms with E-state index in [0.29, 0.717) is 19.6 Å². The average molecular weight is 273 g/mol. The molecule has 104 valence electrons. The van der Waals surface area contributed by atoms with E-state index in [-0.39, 0.29) is 12.6 Å². The van der Waals surface area contributed by atoms with E-state index in [4.69, 9.17) is 12.2 Å². The highest BCUT2D eigenvalue weighted by atomic mass is 32.2. The molecule has 0 aromatic carbocycles. The molecule has 1 fully saturated rings. The third-order valence-electron chi connectivity index (χ3n) is 3.21. The molecule has 0 aliphatic carbocycles. The fourth-order valence-corrected chi connectivity index (χ4v) is 4.16. The summed E-state index contributed by atoms with van der Waals surface area (Å²) in [7, 11) is -3.47. The number of piperidine rings is 1. The monoisotopic (exact) mass is 273 g/mol. The number of nitrogens with two attached hydrogens (primary N) is 1. The molecule has 1 saturated heterocycles. The molecule has 5 nitrogen and oxygen atoms in total. The summed E-state index contributed by atoms with van der Waals surface area (Å²) in [5.41, 5.74) is 5.67. The van der Waals surface area contributed by atoms with E-state index in [1.807, 2.05) is 6.92 Å². The number of hydrogen-bond donors (Lipinski definition) is 1. The highest BCUT2D eigenvalue weighted by Crippen LogP contribution is 2.22. The zero-order valence-electron chi connectivity index (χ0n) is 11.0. The van der Waals surface area contributed by atoms with Gasteiger partial charge < -0.3 is 5.73 Å². The van der Waals surface area contributed by atoms with Crippen LogP contribution < -0.4 is 5.73 Å². The van der Waals surface area contributed by atoms with Crippen molar-refractivity contribution in [2.45, 2.75) is 38.6 Å². The molecule has 0 aromatic rings.